The third-order valence-corrected chi connectivity index (χ3v) is 5.91. The summed E-state index contributed by atoms with van der Waals surface area (Å²) in [5, 5.41) is 6.01. The van der Waals surface area contributed by atoms with Crippen LogP contribution >= 0.6 is 0 Å². The van der Waals surface area contributed by atoms with Gasteiger partial charge in [0.2, 0.25) is 0 Å². The number of carbonyl (C=O) groups excluding carboxylic acids is 2. The van der Waals surface area contributed by atoms with Crippen molar-refractivity contribution in [2.24, 2.45) is 0 Å². The first-order chi connectivity index (χ1) is 14.6. The standard InChI is InChI=1S/C23H33N3O4/c1-2-30-21(27)11-8-19-6-9-20(10-7-19)25-22(28)24-18-23(12-4-3-5-13-23)26-14-16-29-17-15-26/h6-11H,2-5,12-18H2,1H3,(H2,24,25,28)/b11-8-. The Morgan fingerprint density at radius 3 is 2.50 bits per heavy atom. The molecule has 0 aromatic heterocycles. The van der Waals surface area contributed by atoms with Crippen molar-refractivity contribution in [1.82, 2.24) is 10.2 Å². The molecular weight excluding hydrogens is 382 g/mol. The molecule has 0 bridgehead atoms. The van der Waals surface area contributed by atoms with Crippen LogP contribution in [0.1, 0.15) is 44.6 Å². The molecule has 3 rings (SSSR count). The monoisotopic (exact) mass is 415 g/mol. The maximum absolute atomic E-state index is 12.5. The second kappa shape index (κ2) is 11.1. The van der Waals surface area contributed by atoms with Crippen LogP contribution in [0.4, 0.5) is 10.5 Å². The molecule has 2 aliphatic rings. The van der Waals surface area contributed by atoms with E-state index in [0.717, 1.165) is 44.7 Å². The van der Waals surface area contributed by atoms with Gasteiger partial charge in [0.15, 0.2) is 0 Å². The molecule has 0 atom stereocenters. The van der Waals surface area contributed by atoms with E-state index >= 15 is 0 Å². The van der Waals surface area contributed by atoms with Crippen molar-refractivity contribution in [3.05, 3.63) is 35.9 Å². The summed E-state index contributed by atoms with van der Waals surface area (Å²) in [6, 6.07) is 7.15. The first-order valence-corrected chi connectivity index (χ1v) is 10.9. The Hall–Kier alpha value is -2.38. The fourth-order valence-electron chi connectivity index (χ4n) is 4.30. The summed E-state index contributed by atoms with van der Waals surface area (Å²) >= 11 is 0. The number of hydrogen-bond acceptors (Lipinski definition) is 5. The lowest BCUT2D eigenvalue weighted by atomic mass is 9.80. The highest BCUT2D eigenvalue weighted by Crippen LogP contribution is 2.33. The Kier molecular flexibility index (Phi) is 8.28. The second-order valence-electron chi connectivity index (χ2n) is 7.90. The van der Waals surface area contributed by atoms with Gasteiger partial charge in [-0.2, -0.15) is 0 Å². The van der Waals surface area contributed by atoms with Gasteiger partial charge in [-0.3, -0.25) is 4.90 Å². The highest BCUT2D eigenvalue weighted by atomic mass is 16.5. The minimum absolute atomic E-state index is 0.0428. The van der Waals surface area contributed by atoms with E-state index in [1.54, 1.807) is 13.0 Å². The summed E-state index contributed by atoms with van der Waals surface area (Å²) in [5.74, 6) is -0.365. The van der Waals surface area contributed by atoms with Gasteiger partial charge in [0.25, 0.3) is 0 Å². The molecule has 1 aromatic rings. The number of amides is 2. The predicted molar refractivity (Wildman–Crippen MR) is 117 cm³/mol. The minimum atomic E-state index is -0.365. The van der Waals surface area contributed by atoms with Gasteiger partial charge in [-0.05, 0) is 43.5 Å². The quantitative estimate of drug-likeness (QED) is 0.527. The molecule has 1 aliphatic carbocycles. The number of benzene rings is 1. The van der Waals surface area contributed by atoms with Crippen LogP contribution in [0, 0.1) is 0 Å². The van der Waals surface area contributed by atoms with Gasteiger partial charge in [-0.1, -0.05) is 31.4 Å². The molecule has 1 saturated carbocycles. The van der Waals surface area contributed by atoms with Crippen molar-refractivity contribution >= 4 is 23.8 Å². The molecule has 2 fully saturated rings. The third-order valence-electron chi connectivity index (χ3n) is 5.91. The number of morpholine rings is 1. The van der Waals surface area contributed by atoms with Crippen LogP contribution in [0.5, 0.6) is 0 Å². The Morgan fingerprint density at radius 2 is 1.83 bits per heavy atom. The average molecular weight is 416 g/mol. The molecule has 0 radical (unpaired) electrons. The number of anilines is 1. The normalized spacial score (nSPS) is 19.4. The summed E-state index contributed by atoms with van der Waals surface area (Å²) in [4.78, 5) is 26.4. The molecular formula is C23H33N3O4. The number of esters is 1. The van der Waals surface area contributed by atoms with E-state index < -0.39 is 0 Å². The van der Waals surface area contributed by atoms with E-state index in [0.29, 0.717) is 18.8 Å². The molecule has 1 saturated heterocycles. The Labute approximate surface area is 178 Å². The zero-order valence-electron chi connectivity index (χ0n) is 17.8. The fraction of sp³-hybridized carbons (Fsp3) is 0.565. The van der Waals surface area contributed by atoms with Crippen LogP contribution in [0.3, 0.4) is 0 Å². The molecule has 2 amide bonds. The van der Waals surface area contributed by atoms with Crippen molar-refractivity contribution in [2.75, 3.05) is 44.8 Å². The molecule has 7 nitrogen and oxygen atoms in total. The van der Waals surface area contributed by atoms with Gasteiger partial charge in [-0.15, -0.1) is 0 Å². The van der Waals surface area contributed by atoms with E-state index in [1.165, 1.54) is 25.3 Å². The second-order valence-corrected chi connectivity index (χ2v) is 7.90. The van der Waals surface area contributed by atoms with Crippen LogP contribution in [0.15, 0.2) is 30.3 Å². The molecule has 1 aromatic carbocycles. The summed E-state index contributed by atoms with van der Waals surface area (Å²) in [7, 11) is 0. The first-order valence-electron chi connectivity index (χ1n) is 10.9. The smallest absolute Gasteiger partial charge is 0.330 e. The van der Waals surface area contributed by atoms with Crippen LogP contribution in [0.25, 0.3) is 6.08 Å². The fourth-order valence-corrected chi connectivity index (χ4v) is 4.30. The maximum atomic E-state index is 12.5. The highest BCUT2D eigenvalue weighted by Gasteiger charge is 2.38. The van der Waals surface area contributed by atoms with Gasteiger partial charge in [0.05, 0.1) is 19.8 Å². The van der Waals surface area contributed by atoms with Crippen molar-refractivity contribution < 1.29 is 19.1 Å². The van der Waals surface area contributed by atoms with Gasteiger partial charge in [0, 0.05) is 36.9 Å². The van der Waals surface area contributed by atoms with E-state index in [9.17, 15) is 9.59 Å². The molecule has 1 heterocycles. The van der Waals surface area contributed by atoms with Gasteiger partial charge >= 0.3 is 12.0 Å². The zero-order valence-corrected chi connectivity index (χ0v) is 17.8. The molecule has 1 aliphatic heterocycles. The lowest BCUT2D eigenvalue weighted by molar-refractivity contribution is -0.137. The Morgan fingerprint density at radius 1 is 1.13 bits per heavy atom. The minimum Gasteiger partial charge on any atom is -0.463 e. The van der Waals surface area contributed by atoms with E-state index in [-0.39, 0.29) is 17.5 Å². The van der Waals surface area contributed by atoms with Crippen molar-refractivity contribution in [3.8, 4) is 0 Å². The summed E-state index contributed by atoms with van der Waals surface area (Å²) < 4.78 is 10.4. The predicted octanol–water partition coefficient (Wildman–Crippen LogP) is 3.42. The van der Waals surface area contributed by atoms with Crippen molar-refractivity contribution in [1.29, 1.82) is 0 Å². The molecule has 30 heavy (non-hydrogen) atoms. The number of hydrogen-bond donors (Lipinski definition) is 2. The van der Waals surface area contributed by atoms with Crippen molar-refractivity contribution in [3.63, 3.8) is 0 Å². The molecule has 2 N–H and O–H groups in total. The number of rotatable bonds is 7. The SMILES string of the molecule is CCOC(=O)/C=C\c1ccc(NC(=O)NCC2(N3CCOCC3)CCCCC2)cc1. The highest BCUT2D eigenvalue weighted by molar-refractivity contribution is 5.90. The summed E-state index contributed by atoms with van der Waals surface area (Å²) in [6.07, 6.45) is 9.02. The number of ether oxygens (including phenoxy) is 2. The molecule has 164 valence electrons. The number of nitrogens with one attached hydrogen (secondary N) is 2. The van der Waals surface area contributed by atoms with Gasteiger partial charge in [-0.25, -0.2) is 9.59 Å². The summed E-state index contributed by atoms with van der Waals surface area (Å²) in [5.41, 5.74) is 1.62. The average Bonchev–Trinajstić information content (AvgIpc) is 2.79. The van der Waals surface area contributed by atoms with Crippen LogP contribution in [-0.2, 0) is 14.3 Å². The third kappa shape index (κ3) is 6.31. The van der Waals surface area contributed by atoms with Crippen LogP contribution < -0.4 is 10.6 Å². The van der Waals surface area contributed by atoms with E-state index in [4.69, 9.17) is 9.47 Å². The number of urea groups is 1. The van der Waals surface area contributed by atoms with Crippen molar-refractivity contribution in [2.45, 2.75) is 44.6 Å². The maximum Gasteiger partial charge on any atom is 0.330 e. The Bertz CT molecular complexity index is 720. The molecule has 0 spiro atoms. The number of nitrogens with zero attached hydrogens (tertiary/aromatic N) is 1. The largest absolute Gasteiger partial charge is 0.463 e. The molecule has 0 unspecified atom stereocenters. The van der Waals surface area contributed by atoms with Crippen LogP contribution in [0.2, 0.25) is 0 Å². The van der Waals surface area contributed by atoms with E-state index in [1.807, 2.05) is 24.3 Å². The van der Waals surface area contributed by atoms with Crippen LogP contribution in [-0.4, -0.2) is 61.9 Å². The number of carbonyl (C=O) groups is 2. The summed E-state index contributed by atoms with van der Waals surface area (Å²) in [6.45, 7) is 6.19. The lowest BCUT2D eigenvalue weighted by Gasteiger charge is -2.48. The Balaban J connectivity index is 1.52. The van der Waals surface area contributed by atoms with E-state index in [2.05, 4.69) is 15.5 Å². The lowest BCUT2D eigenvalue weighted by Crippen LogP contribution is -2.60. The van der Waals surface area contributed by atoms with Gasteiger partial charge < -0.3 is 20.1 Å². The zero-order chi connectivity index (χ0) is 21.2. The van der Waals surface area contributed by atoms with Gasteiger partial charge in [0.1, 0.15) is 0 Å². The molecule has 7 heteroatoms. The first kappa shape index (κ1) is 22.3. The topological polar surface area (TPSA) is 79.9 Å².